The molecule has 1 aliphatic rings. The van der Waals surface area contributed by atoms with E-state index < -0.39 is 0 Å². The van der Waals surface area contributed by atoms with Crippen molar-refractivity contribution in [3.05, 3.63) is 35.9 Å². The van der Waals surface area contributed by atoms with E-state index in [9.17, 15) is 5.11 Å². The fourth-order valence-electron chi connectivity index (χ4n) is 1.68. The Kier molecular flexibility index (Phi) is 2.13. The van der Waals surface area contributed by atoms with E-state index in [0.29, 0.717) is 5.92 Å². The van der Waals surface area contributed by atoms with Gasteiger partial charge in [-0.2, -0.15) is 0 Å². The van der Waals surface area contributed by atoms with Crippen LogP contribution in [0, 0.1) is 5.92 Å². The molecule has 1 atom stereocenters. The topological polar surface area (TPSA) is 20.2 Å². The molecule has 1 aromatic carbocycles. The number of rotatable bonds is 2. The Morgan fingerprint density at radius 2 is 1.83 bits per heavy atom. The lowest BCUT2D eigenvalue weighted by Gasteiger charge is -2.30. The Hall–Kier alpha value is -0.820. The maximum absolute atomic E-state index is 9.84. The summed E-state index contributed by atoms with van der Waals surface area (Å²) in [4.78, 5) is 0. The van der Waals surface area contributed by atoms with Crippen molar-refractivity contribution in [1.29, 1.82) is 0 Å². The fourth-order valence-corrected chi connectivity index (χ4v) is 1.68. The van der Waals surface area contributed by atoms with Crippen LogP contribution in [-0.2, 0) is 0 Å². The van der Waals surface area contributed by atoms with Crippen molar-refractivity contribution >= 4 is 0 Å². The largest absolute Gasteiger partial charge is 0.388 e. The first-order valence-corrected chi connectivity index (χ1v) is 4.61. The van der Waals surface area contributed by atoms with Crippen molar-refractivity contribution in [2.75, 3.05) is 0 Å². The average molecular weight is 162 g/mol. The summed E-state index contributed by atoms with van der Waals surface area (Å²) in [5, 5.41) is 9.84. The summed E-state index contributed by atoms with van der Waals surface area (Å²) in [6.45, 7) is 0. The molecule has 2 rings (SSSR count). The highest BCUT2D eigenvalue weighted by atomic mass is 16.3. The molecule has 0 heterocycles. The van der Waals surface area contributed by atoms with Crippen molar-refractivity contribution in [1.82, 2.24) is 0 Å². The van der Waals surface area contributed by atoms with Gasteiger partial charge in [-0.15, -0.1) is 0 Å². The highest BCUT2D eigenvalue weighted by Gasteiger charge is 2.26. The van der Waals surface area contributed by atoms with E-state index in [1.807, 2.05) is 30.3 Å². The molecular formula is C11H14O. The molecule has 64 valence electrons. The van der Waals surface area contributed by atoms with Gasteiger partial charge >= 0.3 is 0 Å². The minimum absolute atomic E-state index is 0.222. The minimum atomic E-state index is -0.222. The number of hydrogen-bond acceptors (Lipinski definition) is 1. The summed E-state index contributed by atoms with van der Waals surface area (Å²) in [5.74, 6) is 0.521. The predicted octanol–water partition coefficient (Wildman–Crippen LogP) is 2.52. The smallest absolute Gasteiger partial charge is 0.0818 e. The van der Waals surface area contributed by atoms with Gasteiger partial charge in [0.2, 0.25) is 0 Å². The molecule has 1 aliphatic carbocycles. The standard InChI is InChI=1S/C11H14O/c12-11(10-7-4-8-10)9-5-2-1-3-6-9/h1-3,5-6,10-12H,4,7-8H2. The van der Waals surface area contributed by atoms with E-state index in [1.54, 1.807) is 0 Å². The van der Waals surface area contributed by atoms with E-state index in [4.69, 9.17) is 0 Å². The molecule has 0 aromatic heterocycles. The van der Waals surface area contributed by atoms with E-state index in [0.717, 1.165) is 5.56 Å². The van der Waals surface area contributed by atoms with E-state index in [1.165, 1.54) is 19.3 Å². The molecule has 0 aliphatic heterocycles. The lowest BCUT2D eigenvalue weighted by Crippen LogP contribution is -2.19. The zero-order valence-electron chi connectivity index (χ0n) is 7.11. The molecular weight excluding hydrogens is 148 g/mol. The van der Waals surface area contributed by atoms with Gasteiger partial charge in [-0.05, 0) is 24.3 Å². The summed E-state index contributed by atoms with van der Waals surface area (Å²) in [6, 6.07) is 9.96. The Morgan fingerprint density at radius 1 is 1.17 bits per heavy atom. The molecule has 0 amide bonds. The van der Waals surface area contributed by atoms with Crippen LogP contribution in [0.15, 0.2) is 30.3 Å². The van der Waals surface area contributed by atoms with E-state index in [-0.39, 0.29) is 6.10 Å². The van der Waals surface area contributed by atoms with Crippen LogP contribution in [0.1, 0.15) is 30.9 Å². The molecule has 0 bridgehead atoms. The third-order valence-corrected chi connectivity index (χ3v) is 2.74. The molecule has 1 saturated carbocycles. The monoisotopic (exact) mass is 162 g/mol. The summed E-state index contributed by atoms with van der Waals surface area (Å²) < 4.78 is 0. The summed E-state index contributed by atoms with van der Waals surface area (Å²) in [6.07, 6.45) is 3.45. The van der Waals surface area contributed by atoms with Crippen molar-refractivity contribution in [3.8, 4) is 0 Å². The summed E-state index contributed by atoms with van der Waals surface area (Å²) in [5.41, 5.74) is 1.07. The van der Waals surface area contributed by atoms with Gasteiger partial charge in [-0.1, -0.05) is 36.8 Å². The second-order valence-electron chi connectivity index (χ2n) is 3.55. The second kappa shape index (κ2) is 3.28. The van der Waals surface area contributed by atoms with Crippen LogP contribution in [0.5, 0.6) is 0 Å². The maximum atomic E-state index is 9.84. The lowest BCUT2D eigenvalue weighted by molar-refractivity contribution is 0.0621. The SMILES string of the molecule is OC(c1ccccc1)C1CCC1. The summed E-state index contributed by atoms with van der Waals surface area (Å²) >= 11 is 0. The molecule has 0 spiro atoms. The van der Waals surface area contributed by atoms with Gasteiger partial charge in [-0.3, -0.25) is 0 Å². The number of hydrogen-bond donors (Lipinski definition) is 1. The van der Waals surface area contributed by atoms with Crippen LogP contribution in [0.25, 0.3) is 0 Å². The van der Waals surface area contributed by atoms with Crippen LogP contribution >= 0.6 is 0 Å². The van der Waals surface area contributed by atoms with Gasteiger partial charge in [0.15, 0.2) is 0 Å². The van der Waals surface area contributed by atoms with E-state index in [2.05, 4.69) is 0 Å². The average Bonchev–Trinajstić information content (AvgIpc) is 2.03. The zero-order valence-corrected chi connectivity index (χ0v) is 7.11. The Bertz CT molecular complexity index is 238. The third kappa shape index (κ3) is 1.37. The van der Waals surface area contributed by atoms with Gasteiger partial charge in [0.05, 0.1) is 6.10 Å². The molecule has 0 radical (unpaired) electrons. The molecule has 0 saturated heterocycles. The van der Waals surface area contributed by atoms with Crippen molar-refractivity contribution in [2.45, 2.75) is 25.4 Å². The lowest BCUT2D eigenvalue weighted by atomic mass is 9.79. The molecule has 1 fully saturated rings. The van der Waals surface area contributed by atoms with Crippen LogP contribution < -0.4 is 0 Å². The molecule has 12 heavy (non-hydrogen) atoms. The normalized spacial score (nSPS) is 20.1. The molecule has 1 nitrogen and oxygen atoms in total. The van der Waals surface area contributed by atoms with Gasteiger partial charge in [0.25, 0.3) is 0 Å². The molecule has 1 aromatic rings. The highest BCUT2D eigenvalue weighted by molar-refractivity contribution is 5.18. The van der Waals surface area contributed by atoms with Crippen LogP contribution in [0.4, 0.5) is 0 Å². The Morgan fingerprint density at radius 3 is 2.33 bits per heavy atom. The fraction of sp³-hybridized carbons (Fsp3) is 0.455. The van der Waals surface area contributed by atoms with Crippen molar-refractivity contribution in [2.24, 2.45) is 5.92 Å². The van der Waals surface area contributed by atoms with E-state index >= 15 is 0 Å². The molecule has 1 heteroatoms. The predicted molar refractivity (Wildman–Crippen MR) is 48.7 cm³/mol. The summed E-state index contributed by atoms with van der Waals surface area (Å²) in [7, 11) is 0. The third-order valence-electron chi connectivity index (χ3n) is 2.74. The first-order valence-electron chi connectivity index (χ1n) is 4.61. The quantitative estimate of drug-likeness (QED) is 0.708. The Balaban J connectivity index is 2.08. The van der Waals surface area contributed by atoms with Gasteiger partial charge in [0, 0.05) is 0 Å². The van der Waals surface area contributed by atoms with Crippen LogP contribution in [0.2, 0.25) is 0 Å². The highest BCUT2D eigenvalue weighted by Crippen LogP contribution is 2.37. The number of benzene rings is 1. The van der Waals surface area contributed by atoms with Crippen molar-refractivity contribution < 1.29 is 5.11 Å². The minimum Gasteiger partial charge on any atom is -0.388 e. The van der Waals surface area contributed by atoms with Crippen LogP contribution in [0.3, 0.4) is 0 Å². The Labute approximate surface area is 73.0 Å². The molecule has 1 unspecified atom stereocenters. The first kappa shape index (κ1) is 7.81. The second-order valence-corrected chi connectivity index (χ2v) is 3.55. The zero-order chi connectivity index (χ0) is 8.39. The van der Waals surface area contributed by atoms with Crippen LogP contribution in [-0.4, -0.2) is 5.11 Å². The van der Waals surface area contributed by atoms with Gasteiger partial charge < -0.3 is 5.11 Å². The molecule has 1 N–H and O–H groups in total. The van der Waals surface area contributed by atoms with Gasteiger partial charge in [-0.25, -0.2) is 0 Å². The number of aliphatic hydroxyl groups excluding tert-OH is 1. The van der Waals surface area contributed by atoms with Gasteiger partial charge in [0.1, 0.15) is 0 Å². The maximum Gasteiger partial charge on any atom is 0.0818 e. The number of aliphatic hydroxyl groups is 1. The van der Waals surface area contributed by atoms with Crippen molar-refractivity contribution in [3.63, 3.8) is 0 Å². The first-order chi connectivity index (χ1) is 5.88.